The summed E-state index contributed by atoms with van der Waals surface area (Å²) in [6.45, 7) is 2.14. The Bertz CT molecular complexity index is 1240. The van der Waals surface area contributed by atoms with Gasteiger partial charge in [0.05, 0.1) is 23.8 Å². The molecule has 0 amide bonds. The number of aromatic amines is 1. The predicted octanol–water partition coefficient (Wildman–Crippen LogP) is 0.502. The molecule has 2 unspecified atom stereocenters. The van der Waals surface area contributed by atoms with Crippen LogP contribution in [0.5, 0.6) is 0 Å². The number of aromatic nitrogens is 3. The van der Waals surface area contributed by atoms with Crippen molar-refractivity contribution in [1.29, 1.82) is 0 Å². The van der Waals surface area contributed by atoms with Crippen molar-refractivity contribution in [3.05, 3.63) is 34.5 Å². The fourth-order valence-electron chi connectivity index (χ4n) is 2.89. The Morgan fingerprint density at radius 2 is 1.94 bits per heavy atom. The van der Waals surface area contributed by atoms with Crippen LogP contribution in [-0.4, -0.2) is 58.2 Å². The van der Waals surface area contributed by atoms with Crippen molar-refractivity contribution in [3.8, 4) is 0 Å². The Morgan fingerprint density at radius 1 is 1.28 bits per heavy atom. The highest BCUT2D eigenvalue weighted by atomic mass is 32.2. The molecular weight excluding hydrogens is 465 g/mol. The third-order valence-electron chi connectivity index (χ3n) is 4.71. The van der Waals surface area contributed by atoms with Crippen molar-refractivity contribution in [2.75, 3.05) is 17.4 Å². The van der Waals surface area contributed by atoms with Crippen molar-refractivity contribution < 1.29 is 40.6 Å². The molecule has 1 aliphatic rings. The number of imidazole rings is 1. The van der Waals surface area contributed by atoms with Crippen molar-refractivity contribution in [2.24, 2.45) is 5.10 Å². The predicted molar refractivity (Wildman–Crippen MR) is 99.7 cm³/mol. The third kappa shape index (κ3) is 4.06. The van der Waals surface area contributed by atoms with E-state index in [1.807, 2.05) is 4.98 Å². The molecule has 0 spiro atoms. The number of sulfone groups is 1. The summed E-state index contributed by atoms with van der Waals surface area (Å²) in [6.07, 6.45) is -4.95. The second kappa shape index (κ2) is 8.04. The van der Waals surface area contributed by atoms with Crippen molar-refractivity contribution in [3.63, 3.8) is 0 Å². The monoisotopic (exact) mass is 483 g/mol. The quantitative estimate of drug-likeness (QED) is 0.510. The number of halogens is 5. The topological polar surface area (TPSA) is 132 Å². The summed E-state index contributed by atoms with van der Waals surface area (Å²) in [6, 6.07) is 0.273. The average Bonchev–Trinajstić information content (AvgIpc) is 3.14. The Labute approximate surface area is 177 Å². The van der Waals surface area contributed by atoms with Crippen LogP contribution in [-0.2, 0) is 15.8 Å². The number of pyridine rings is 1. The summed E-state index contributed by atoms with van der Waals surface area (Å²) in [5.41, 5.74) is -0.507. The van der Waals surface area contributed by atoms with Gasteiger partial charge in [-0.3, -0.25) is 0 Å². The van der Waals surface area contributed by atoms with E-state index in [0.717, 1.165) is 17.3 Å². The molecule has 15 heteroatoms. The molecule has 3 heterocycles. The van der Waals surface area contributed by atoms with E-state index in [1.54, 1.807) is 0 Å². The molecule has 0 radical (unpaired) electrons. The SMILES string of the molecule is CCS(=O)(=O)c1cc(C(O)CO)cnc1N1N=c2nc(C(F)(F)C(F)(F)F)[nH]c2=CC1C. The van der Waals surface area contributed by atoms with Gasteiger partial charge in [-0.15, -0.1) is 5.10 Å². The van der Waals surface area contributed by atoms with Gasteiger partial charge in [-0.1, -0.05) is 6.92 Å². The lowest BCUT2D eigenvalue weighted by atomic mass is 10.1. The summed E-state index contributed by atoms with van der Waals surface area (Å²) in [5, 5.41) is 23.7. The normalized spacial score (nSPS) is 18.0. The first-order valence-electron chi connectivity index (χ1n) is 9.15. The number of H-pyrrole nitrogens is 1. The van der Waals surface area contributed by atoms with Crippen LogP contribution in [0.15, 0.2) is 22.3 Å². The van der Waals surface area contributed by atoms with E-state index in [9.17, 15) is 35.5 Å². The van der Waals surface area contributed by atoms with Gasteiger partial charge in [-0.05, 0) is 19.1 Å². The molecule has 0 aromatic carbocycles. The Balaban J connectivity index is 2.18. The summed E-state index contributed by atoms with van der Waals surface area (Å²) < 4.78 is 90.6. The molecule has 0 saturated heterocycles. The molecule has 9 nitrogen and oxygen atoms in total. The largest absolute Gasteiger partial charge is 0.461 e. The van der Waals surface area contributed by atoms with Crippen LogP contribution in [0.4, 0.5) is 27.8 Å². The number of alkyl halides is 5. The second-order valence-electron chi connectivity index (χ2n) is 6.94. The van der Waals surface area contributed by atoms with E-state index in [4.69, 9.17) is 5.11 Å². The summed E-state index contributed by atoms with van der Waals surface area (Å²) in [7, 11) is -3.95. The van der Waals surface area contributed by atoms with Crippen LogP contribution in [0.3, 0.4) is 0 Å². The van der Waals surface area contributed by atoms with Gasteiger partial charge in [0.2, 0.25) is 0 Å². The molecule has 0 saturated carbocycles. The van der Waals surface area contributed by atoms with Crippen LogP contribution in [0, 0.1) is 0 Å². The number of hydrogen-bond acceptors (Lipinski definition) is 8. The van der Waals surface area contributed by atoms with Crippen LogP contribution in [0.2, 0.25) is 0 Å². The molecule has 0 fully saturated rings. The van der Waals surface area contributed by atoms with Crippen molar-refractivity contribution in [2.45, 2.75) is 43.0 Å². The highest BCUT2D eigenvalue weighted by Crippen LogP contribution is 2.41. The molecule has 0 bridgehead atoms. The number of nitrogens with zero attached hydrogens (tertiary/aromatic N) is 4. The Hall–Kier alpha value is -2.65. The Kier molecular flexibility index (Phi) is 6.03. The molecule has 32 heavy (non-hydrogen) atoms. The molecule has 3 rings (SSSR count). The maximum atomic E-state index is 13.7. The van der Waals surface area contributed by atoms with Crippen LogP contribution < -0.4 is 15.8 Å². The number of hydrogen-bond donors (Lipinski definition) is 3. The molecule has 2 atom stereocenters. The van der Waals surface area contributed by atoms with Crippen LogP contribution in [0.1, 0.15) is 31.3 Å². The minimum Gasteiger partial charge on any atom is -0.393 e. The Morgan fingerprint density at radius 3 is 2.50 bits per heavy atom. The zero-order valence-corrected chi connectivity index (χ0v) is 17.4. The first-order chi connectivity index (χ1) is 14.7. The van der Waals surface area contributed by atoms with Crippen molar-refractivity contribution >= 4 is 21.7 Å². The van der Waals surface area contributed by atoms with E-state index in [-0.39, 0.29) is 27.4 Å². The molecular formula is C17H18F5N5O4S. The fourth-order valence-corrected chi connectivity index (χ4v) is 3.95. The van der Waals surface area contributed by atoms with Gasteiger partial charge in [0.15, 0.2) is 27.0 Å². The van der Waals surface area contributed by atoms with E-state index >= 15 is 0 Å². The molecule has 2 aromatic rings. The van der Waals surface area contributed by atoms with E-state index in [1.165, 1.54) is 19.9 Å². The number of fused-ring (bicyclic) bond motifs is 1. The summed E-state index contributed by atoms with van der Waals surface area (Å²) in [4.78, 5) is 8.80. The first-order valence-corrected chi connectivity index (χ1v) is 10.8. The third-order valence-corrected chi connectivity index (χ3v) is 6.44. The number of anilines is 1. The van der Waals surface area contributed by atoms with Crippen LogP contribution in [0.25, 0.3) is 6.08 Å². The molecule has 3 N–H and O–H groups in total. The lowest BCUT2D eigenvalue weighted by Crippen LogP contribution is -2.42. The highest BCUT2D eigenvalue weighted by molar-refractivity contribution is 7.91. The fraction of sp³-hybridized carbons (Fsp3) is 0.471. The smallest absolute Gasteiger partial charge is 0.393 e. The molecule has 2 aromatic heterocycles. The summed E-state index contributed by atoms with van der Waals surface area (Å²) in [5.74, 6) is -7.51. The van der Waals surface area contributed by atoms with Gasteiger partial charge >= 0.3 is 12.1 Å². The van der Waals surface area contributed by atoms with Gasteiger partial charge in [0.25, 0.3) is 0 Å². The van der Waals surface area contributed by atoms with E-state index in [2.05, 4.69) is 15.1 Å². The minimum atomic E-state index is -5.88. The summed E-state index contributed by atoms with van der Waals surface area (Å²) >= 11 is 0. The second-order valence-corrected chi connectivity index (χ2v) is 9.19. The van der Waals surface area contributed by atoms with Gasteiger partial charge in [0, 0.05) is 11.8 Å². The molecule has 1 aliphatic heterocycles. The van der Waals surface area contributed by atoms with Gasteiger partial charge in [0.1, 0.15) is 11.0 Å². The average molecular weight is 483 g/mol. The minimum absolute atomic E-state index is 0.00415. The van der Waals surface area contributed by atoms with Crippen LogP contribution >= 0.6 is 0 Å². The lowest BCUT2D eigenvalue weighted by molar-refractivity contribution is -0.292. The lowest BCUT2D eigenvalue weighted by Gasteiger charge is -2.26. The number of rotatable bonds is 6. The maximum Gasteiger partial charge on any atom is 0.461 e. The number of nitrogens with one attached hydrogen (secondary N) is 1. The standard InChI is InChI=1S/C17H18F5N5O4S/c1-3-32(30,31)12-5-9(11(29)7-28)6-23-14(12)27-8(2)4-10-13(26-27)25-15(24-10)16(18,19)17(20,21)22/h4-6,8,11,28-29H,3,7H2,1-2H3,(H,24,25,26). The van der Waals surface area contributed by atoms with Gasteiger partial charge in [-0.2, -0.15) is 22.0 Å². The van der Waals surface area contributed by atoms with Gasteiger partial charge in [-0.25, -0.2) is 23.4 Å². The molecule has 176 valence electrons. The highest BCUT2D eigenvalue weighted by Gasteiger charge is 2.61. The zero-order chi connectivity index (χ0) is 24.1. The molecule has 0 aliphatic carbocycles. The van der Waals surface area contributed by atoms with Gasteiger partial charge < -0.3 is 15.2 Å². The van der Waals surface area contributed by atoms with E-state index < -0.39 is 52.0 Å². The van der Waals surface area contributed by atoms with Crippen molar-refractivity contribution in [1.82, 2.24) is 15.0 Å². The maximum absolute atomic E-state index is 13.7. The number of aliphatic hydroxyl groups is 2. The van der Waals surface area contributed by atoms with E-state index in [0.29, 0.717) is 0 Å². The first kappa shape index (κ1) is 24.0. The zero-order valence-electron chi connectivity index (χ0n) is 16.6. The number of aliphatic hydroxyl groups excluding tert-OH is 2.